The Kier molecular flexibility index (Phi) is 9.62. The Morgan fingerprint density at radius 2 is 1.83 bits per heavy atom. The van der Waals surface area contributed by atoms with Gasteiger partial charge < -0.3 is 15.0 Å². The molecule has 0 saturated heterocycles. The summed E-state index contributed by atoms with van der Waals surface area (Å²) in [5, 5.41) is 3.44. The van der Waals surface area contributed by atoms with E-state index in [-0.39, 0.29) is 24.2 Å². The number of nitrogens with zero attached hydrogens (tertiary/aromatic N) is 2. The van der Waals surface area contributed by atoms with Gasteiger partial charge in [0, 0.05) is 17.6 Å². The molecule has 0 bridgehead atoms. The van der Waals surface area contributed by atoms with Crippen LogP contribution >= 0.6 is 11.6 Å². The third-order valence-electron chi connectivity index (χ3n) is 6.35. The van der Waals surface area contributed by atoms with Crippen LogP contribution in [0.5, 0.6) is 5.75 Å². The first-order valence-corrected chi connectivity index (χ1v) is 14.3. The number of anilines is 1. The molecule has 36 heavy (non-hydrogen) atoms. The molecule has 1 N–H and O–H groups in total. The number of rotatable bonds is 11. The van der Waals surface area contributed by atoms with E-state index in [0.29, 0.717) is 17.2 Å². The standard InChI is InChI=1S/C26H34ClN3O5S/c1-4-24(26(32)28-21-11-5-6-12-21)29(17-19-9-7-14-23(15-19)35-2)25(31)18-30(36(3,33)34)22-13-8-10-20(27)16-22/h7-10,13-16,21,24H,4-6,11-12,17-18H2,1-3H3,(H,28,32)/t24-/m1/s1. The zero-order chi connectivity index (χ0) is 26.3. The molecule has 0 heterocycles. The van der Waals surface area contributed by atoms with Crippen LogP contribution in [0.2, 0.25) is 5.02 Å². The van der Waals surface area contributed by atoms with Crippen molar-refractivity contribution >= 4 is 39.1 Å². The van der Waals surface area contributed by atoms with Gasteiger partial charge in [-0.3, -0.25) is 13.9 Å². The Hall–Kier alpha value is -2.78. The largest absolute Gasteiger partial charge is 0.497 e. The van der Waals surface area contributed by atoms with Crippen LogP contribution in [-0.4, -0.2) is 57.1 Å². The molecular formula is C26H34ClN3O5S. The van der Waals surface area contributed by atoms with E-state index in [1.807, 2.05) is 19.1 Å². The average molecular weight is 536 g/mol. The van der Waals surface area contributed by atoms with Crippen molar-refractivity contribution < 1.29 is 22.7 Å². The van der Waals surface area contributed by atoms with Gasteiger partial charge >= 0.3 is 0 Å². The zero-order valence-corrected chi connectivity index (χ0v) is 22.5. The quantitative estimate of drug-likeness (QED) is 0.469. The molecule has 196 valence electrons. The van der Waals surface area contributed by atoms with Crippen LogP contribution in [0.15, 0.2) is 48.5 Å². The first-order valence-electron chi connectivity index (χ1n) is 12.1. The molecule has 8 nitrogen and oxygen atoms in total. The van der Waals surface area contributed by atoms with Crippen molar-refractivity contribution in [2.45, 2.75) is 57.7 Å². The summed E-state index contributed by atoms with van der Waals surface area (Å²) in [6.45, 7) is 1.51. The molecule has 2 aromatic carbocycles. The molecule has 1 saturated carbocycles. The molecule has 1 atom stereocenters. The number of methoxy groups -OCH3 is 1. The third kappa shape index (κ3) is 7.36. The van der Waals surface area contributed by atoms with E-state index in [2.05, 4.69) is 5.32 Å². The van der Waals surface area contributed by atoms with Crippen molar-refractivity contribution in [1.29, 1.82) is 0 Å². The number of halogens is 1. The molecule has 0 spiro atoms. The summed E-state index contributed by atoms with van der Waals surface area (Å²) in [6.07, 6.45) is 5.39. The summed E-state index contributed by atoms with van der Waals surface area (Å²) >= 11 is 6.09. The van der Waals surface area contributed by atoms with Gasteiger partial charge in [-0.15, -0.1) is 0 Å². The predicted octanol–water partition coefficient (Wildman–Crippen LogP) is 3.98. The molecule has 0 aromatic heterocycles. The fourth-order valence-corrected chi connectivity index (χ4v) is 5.53. The van der Waals surface area contributed by atoms with Crippen molar-refractivity contribution in [3.05, 3.63) is 59.1 Å². The maximum atomic E-state index is 13.7. The molecule has 2 amide bonds. The van der Waals surface area contributed by atoms with Crippen LogP contribution in [0, 0.1) is 0 Å². The fraction of sp³-hybridized carbons (Fsp3) is 0.462. The summed E-state index contributed by atoms with van der Waals surface area (Å²) in [5.74, 6) is -0.0917. The molecule has 3 rings (SSSR count). The first-order chi connectivity index (χ1) is 17.1. The van der Waals surface area contributed by atoms with Crippen molar-refractivity contribution in [2.24, 2.45) is 0 Å². The number of sulfonamides is 1. The molecular weight excluding hydrogens is 502 g/mol. The number of hydrogen-bond donors (Lipinski definition) is 1. The summed E-state index contributed by atoms with van der Waals surface area (Å²) in [7, 11) is -2.26. The number of ether oxygens (including phenoxy) is 1. The SMILES string of the molecule is CC[C@H](C(=O)NC1CCCC1)N(Cc1cccc(OC)c1)C(=O)CN(c1cccc(Cl)c1)S(C)(=O)=O. The van der Waals surface area contributed by atoms with Gasteiger partial charge in [-0.25, -0.2) is 8.42 Å². The summed E-state index contributed by atoms with van der Waals surface area (Å²) in [5.41, 5.74) is 1.05. The van der Waals surface area contributed by atoms with Gasteiger partial charge in [-0.1, -0.05) is 49.6 Å². The molecule has 10 heteroatoms. The molecule has 1 aliphatic rings. The highest BCUT2D eigenvalue weighted by atomic mass is 35.5. The maximum absolute atomic E-state index is 13.7. The number of nitrogens with one attached hydrogen (secondary N) is 1. The van der Waals surface area contributed by atoms with Crippen LogP contribution < -0.4 is 14.4 Å². The average Bonchev–Trinajstić information content (AvgIpc) is 3.34. The molecule has 1 fully saturated rings. The van der Waals surface area contributed by atoms with Gasteiger partial charge in [0.15, 0.2) is 0 Å². The Morgan fingerprint density at radius 3 is 2.44 bits per heavy atom. The summed E-state index contributed by atoms with van der Waals surface area (Å²) in [6, 6.07) is 12.9. The van der Waals surface area contributed by atoms with E-state index in [1.54, 1.807) is 37.4 Å². The van der Waals surface area contributed by atoms with E-state index in [4.69, 9.17) is 16.3 Å². The highest BCUT2D eigenvalue weighted by Crippen LogP contribution is 2.24. The minimum absolute atomic E-state index is 0.0966. The van der Waals surface area contributed by atoms with Gasteiger partial charge in [-0.2, -0.15) is 0 Å². The highest BCUT2D eigenvalue weighted by Gasteiger charge is 2.33. The second kappa shape index (κ2) is 12.5. The summed E-state index contributed by atoms with van der Waals surface area (Å²) in [4.78, 5) is 28.5. The molecule has 0 radical (unpaired) electrons. The zero-order valence-electron chi connectivity index (χ0n) is 20.9. The van der Waals surface area contributed by atoms with Gasteiger partial charge in [0.25, 0.3) is 0 Å². The van der Waals surface area contributed by atoms with Gasteiger partial charge in [0.1, 0.15) is 18.3 Å². The van der Waals surface area contributed by atoms with Crippen LogP contribution in [0.1, 0.15) is 44.6 Å². The number of benzene rings is 2. The lowest BCUT2D eigenvalue weighted by atomic mass is 10.1. The highest BCUT2D eigenvalue weighted by molar-refractivity contribution is 7.92. The maximum Gasteiger partial charge on any atom is 0.244 e. The molecule has 2 aromatic rings. The van der Waals surface area contributed by atoms with Crippen LogP contribution in [0.4, 0.5) is 5.69 Å². The third-order valence-corrected chi connectivity index (χ3v) is 7.73. The fourth-order valence-electron chi connectivity index (χ4n) is 4.50. The van der Waals surface area contributed by atoms with Crippen molar-refractivity contribution in [3.63, 3.8) is 0 Å². The Labute approximate surface area is 218 Å². The molecule has 1 aliphatic carbocycles. The first kappa shape index (κ1) is 27.8. The lowest BCUT2D eigenvalue weighted by molar-refractivity contribution is -0.140. The predicted molar refractivity (Wildman–Crippen MR) is 142 cm³/mol. The van der Waals surface area contributed by atoms with Crippen LogP contribution in [0.25, 0.3) is 0 Å². The van der Waals surface area contributed by atoms with Gasteiger partial charge in [-0.05, 0) is 55.2 Å². The minimum atomic E-state index is -3.81. The van der Waals surface area contributed by atoms with Crippen molar-refractivity contribution in [2.75, 3.05) is 24.2 Å². The lowest BCUT2D eigenvalue weighted by Crippen LogP contribution is -2.53. The van der Waals surface area contributed by atoms with Crippen LogP contribution in [-0.2, 0) is 26.2 Å². The van der Waals surface area contributed by atoms with E-state index >= 15 is 0 Å². The van der Waals surface area contributed by atoms with Crippen LogP contribution in [0.3, 0.4) is 0 Å². The normalized spacial score (nSPS) is 14.8. The second-order valence-corrected chi connectivity index (χ2v) is 11.4. The minimum Gasteiger partial charge on any atom is -0.497 e. The van der Waals surface area contributed by atoms with E-state index < -0.39 is 28.5 Å². The van der Waals surface area contributed by atoms with Gasteiger partial charge in [0.2, 0.25) is 21.8 Å². The number of carbonyl (C=O) groups is 2. The monoisotopic (exact) mass is 535 g/mol. The number of amides is 2. The van der Waals surface area contributed by atoms with Crippen molar-refractivity contribution in [3.8, 4) is 5.75 Å². The second-order valence-electron chi connectivity index (χ2n) is 9.04. The lowest BCUT2D eigenvalue weighted by Gasteiger charge is -2.33. The topological polar surface area (TPSA) is 96.0 Å². The Balaban J connectivity index is 1.93. The Morgan fingerprint density at radius 1 is 1.14 bits per heavy atom. The number of hydrogen-bond acceptors (Lipinski definition) is 5. The van der Waals surface area contributed by atoms with E-state index in [9.17, 15) is 18.0 Å². The van der Waals surface area contributed by atoms with E-state index in [1.165, 1.54) is 11.0 Å². The smallest absolute Gasteiger partial charge is 0.244 e. The van der Waals surface area contributed by atoms with Gasteiger partial charge in [0.05, 0.1) is 19.1 Å². The van der Waals surface area contributed by atoms with Crippen molar-refractivity contribution in [1.82, 2.24) is 10.2 Å². The summed E-state index contributed by atoms with van der Waals surface area (Å²) < 4.78 is 31.7. The number of carbonyl (C=O) groups excluding carboxylic acids is 2. The molecule has 0 aliphatic heterocycles. The Bertz CT molecular complexity index is 1170. The van der Waals surface area contributed by atoms with E-state index in [0.717, 1.165) is 41.8 Å². The molecule has 0 unspecified atom stereocenters.